The minimum atomic E-state index is -0.544. The van der Waals surface area contributed by atoms with Crippen molar-refractivity contribution in [2.45, 2.75) is 31.6 Å². The molecule has 9 aromatic rings. The van der Waals surface area contributed by atoms with Gasteiger partial charge in [-0.05, 0) is 109 Å². The van der Waals surface area contributed by atoms with Gasteiger partial charge >= 0.3 is 0 Å². The molecule has 0 aromatic heterocycles. The highest BCUT2D eigenvalue weighted by Crippen LogP contribution is 2.59. The molecule has 0 aliphatic heterocycles. The van der Waals surface area contributed by atoms with Gasteiger partial charge in [-0.2, -0.15) is 0 Å². The molecule has 1 nitrogen and oxygen atoms in total. The Balaban J connectivity index is 1.28. The smallest absolute Gasteiger partial charge is 0.0714 e. The second-order valence-corrected chi connectivity index (χ2v) is 16.9. The molecule has 0 N–H and O–H groups in total. The molecule has 0 amide bonds. The lowest BCUT2D eigenvalue weighted by molar-refractivity contribution is 0.590. The molecule has 10 rings (SSSR count). The lowest BCUT2D eigenvalue weighted by atomic mass is 9.67. The Morgan fingerprint density at radius 3 is 1.27 bits per heavy atom. The van der Waals surface area contributed by atoms with Crippen LogP contribution in [0.3, 0.4) is 0 Å². The van der Waals surface area contributed by atoms with Crippen LogP contribution < -0.4 is 4.90 Å². The molecule has 0 saturated carbocycles. The zero-order chi connectivity index (χ0) is 40.7. The Kier molecular flexibility index (Phi) is 9.38. The van der Waals surface area contributed by atoms with Gasteiger partial charge in [-0.15, -0.1) is 0 Å². The highest BCUT2D eigenvalue weighted by Gasteiger charge is 2.46. The van der Waals surface area contributed by atoms with E-state index in [0.29, 0.717) is 0 Å². The first-order chi connectivity index (χ1) is 29.4. The number of fused-ring (bicyclic) bond motifs is 3. The number of hydrogen-bond acceptors (Lipinski definition) is 1. The van der Waals surface area contributed by atoms with Crippen LogP contribution in [-0.4, -0.2) is 0 Å². The van der Waals surface area contributed by atoms with Crippen molar-refractivity contribution in [1.82, 2.24) is 0 Å². The van der Waals surface area contributed by atoms with Crippen LogP contribution >= 0.6 is 0 Å². The second-order valence-electron chi connectivity index (χ2n) is 16.9. The Bertz CT molecular complexity index is 2850. The van der Waals surface area contributed by atoms with E-state index in [1.54, 1.807) is 0 Å². The minimum absolute atomic E-state index is 0.0245. The van der Waals surface area contributed by atoms with E-state index < -0.39 is 5.41 Å². The van der Waals surface area contributed by atoms with E-state index in [-0.39, 0.29) is 5.41 Å². The van der Waals surface area contributed by atoms with Gasteiger partial charge in [0.15, 0.2) is 0 Å². The van der Waals surface area contributed by atoms with E-state index >= 15 is 0 Å². The molecule has 60 heavy (non-hydrogen) atoms. The summed E-state index contributed by atoms with van der Waals surface area (Å²) in [6, 6.07) is 85.0. The highest BCUT2D eigenvalue weighted by molar-refractivity contribution is 5.97. The van der Waals surface area contributed by atoms with Gasteiger partial charge in [-0.3, -0.25) is 0 Å². The molecule has 1 aliphatic rings. The predicted octanol–water partition coefficient (Wildman–Crippen LogP) is 15.8. The van der Waals surface area contributed by atoms with E-state index in [4.69, 9.17) is 0 Å². The van der Waals surface area contributed by atoms with Gasteiger partial charge in [0.05, 0.1) is 11.1 Å². The Morgan fingerprint density at radius 1 is 0.333 bits per heavy atom. The fraction of sp³-hybridized carbons (Fsp3) is 0.0847. The van der Waals surface area contributed by atoms with Gasteiger partial charge < -0.3 is 4.90 Å². The first-order valence-electron chi connectivity index (χ1n) is 21.0. The summed E-state index contributed by atoms with van der Waals surface area (Å²) in [4.78, 5) is 2.48. The molecule has 0 fully saturated rings. The first-order valence-corrected chi connectivity index (χ1v) is 21.0. The van der Waals surface area contributed by atoms with Gasteiger partial charge in [0, 0.05) is 16.9 Å². The monoisotopic (exact) mass is 769 g/mol. The highest BCUT2D eigenvalue weighted by atomic mass is 15.1. The molecule has 1 aliphatic carbocycles. The molecule has 0 radical (unpaired) electrons. The van der Waals surface area contributed by atoms with Gasteiger partial charge in [-0.25, -0.2) is 0 Å². The Morgan fingerprint density at radius 2 is 0.750 bits per heavy atom. The number of rotatable bonds is 8. The SMILES string of the molecule is CC(C)(C)c1ccc(N(c2ccc(-c3ccccc3)cc2)c2cc3c(cc2-c2ccc(-c4ccccc4)cc2)-c2ccccc2C3(c2ccccc2)c2ccccc2)cc1. The minimum Gasteiger partial charge on any atom is -0.310 e. The maximum Gasteiger partial charge on any atom is 0.0714 e. The zero-order valence-corrected chi connectivity index (χ0v) is 34.4. The second kappa shape index (κ2) is 15.2. The molecule has 0 bridgehead atoms. The molecule has 1 heteroatoms. The van der Waals surface area contributed by atoms with Crippen LogP contribution in [0, 0.1) is 0 Å². The van der Waals surface area contributed by atoms with Crippen LogP contribution in [0.2, 0.25) is 0 Å². The zero-order valence-electron chi connectivity index (χ0n) is 34.4. The molecule has 288 valence electrons. The first kappa shape index (κ1) is 37.1. The van der Waals surface area contributed by atoms with Gasteiger partial charge in [0.1, 0.15) is 0 Å². The summed E-state index contributed by atoms with van der Waals surface area (Å²) in [5, 5.41) is 0. The fourth-order valence-corrected chi connectivity index (χ4v) is 9.34. The van der Waals surface area contributed by atoms with E-state index in [1.807, 2.05) is 0 Å². The van der Waals surface area contributed by atoms with Crippen LogP contribution in [0.25, 0.3) is 44.5 Å². The van der Waals surface area contributed by atoms with Crippen LogP contribution in [0.5, 0.6) is 0 Å². The van der Waals surface area contributed by atoms with Crippen molar-refractivity contribution in [3.8, 4) is 44.5 Å². The van der Waals surface area contributed by atoms with Gasteiger partial charge in [0.25, 0.3) is 0 Å². The lowest BCUT2D eigenvalue weighted by Gasteiger charge is -2.35. The largest absolute Gasteiger partial charge is 0.310 e. The number of hydrogen-bond donors (Lipinski definition) is 0. The average Bonchev–Trinajstić information content (AvgIpc) is 3.60. The molecular weight excluding hydrogens is 723 g/mol. The molecule has 0 saturated heterocycles. The van der Waals surface area contributed by atoms with Crippen molar-refractivity contribution in [2.75, 3.05) is 4.90 Å². The summed E-state index contributed by atoms with van der Waals surface area (Å²) in [6.45, 7) is 6.85. The van der Waals surface area contributed by atoms with E-state index in [9.17, 15) is 0 Å². The third-order valence-corrected chi connectivity index (χ3v) is 12.3. The van der Waals surface area contributed by atoms with Crippen LogP contribution in [0.1, 0.15) is 48.6 Å². The van der Waals surface area contributed by atoms with E-state index in [1.165, 1.54) is 72.3 Å². The summed E-state index contributed by atoms with van der Waals surface area (Å²) in [5.74, 6) is 0. The van der Waals surface area contributed by atoms with E-state index in [2.05, 4.69) is 256 Å². The van der Waals surface area contributed by atoms with Gasteiger partial charge in [-0.1, -0.05) is 215 Å². The summed E-state index contributed by atoms with van der Waals surface area (Å²) >= 11 is 0. The summed E-state index contributed by atoms with van der Waals surface area (Å²) in [6.07, 6.45) is 0. The Hall–Kier alpha value is -7.22. The fourth-order valence-electron chi connectivity index (χ4n) is 9.34. The van der Waals surface area contributed by atoms with Gasteiger partial charge in [0.2, 0.25) is 0 Å². The molecule has 0 heterocycles. The van der Waals surface area contributed by atoms with Crippen LogP contribution in [0.4, 0.5) is 17.1 Å². The molecule has 0 atom stereocenters. The maximum atomic E-state index is 2.51. The molecule has 9 aromatic carbocycles. The quantitative estimate of drug-likeness (QED) is 0.149. The average molecular weight is 770 g/mol. The summed E-state index contributed by atoms with van der Waals surface area (Å²) in [7, 11) is 0. The van der Waals surface area contributed by atoms with Crippen molar-refractivity contribution in [2.24, 2.45) is 0 Å². The topological polar surface area (TPSA) is 3.24 Å². The molecule has 0 spiro atoms. The third kappa shape index (κ3) is 6.44. The number of benzene rings is 9. The Labute approximate surface area is 354 Å². The molecule has 0 unspecified atom stereocenters. The standard InChI is InChI=1S/C59H47N/c1-58(2,3)47-34-38-51(39-35-47)60(50-36-32-45(33-37-50)43-20-10-5-11-21-43)57-41-56-54(40-53(57)46-30-28-44(29-31-46)42-18-8-4-9-19-42)52-26-16-17-27-55(52)59(56,48-22-12-6-13-23-48)49-24-14-7-15-25-49/h4-41H,1-3H3. The third-order valence-electron chi connectivity index (χ3n) is 12.3. The van der Waals surface area contributed by atoms with Crippen molar-refractivity contribution in [1.29, 1.82) is 0 Å². The summed E-state index contributed by atoms with van der Waals surface area (Å²) < 4.78 is 0. The number of nitrogens with zero attached hydrogens (tertiary/aromatic N) is 1. The molecular formula is C59H47N. The van der Waals surface area contributed by atoms with Crippen molar-refractivity contribution < 1.29 is 0 Å². The van der Waals surface area contributed by atoms with Crippen molar-refractivity contribution >= 4 is 17.1 Å². The van der Waals surface area contributed by atoms with Crippen LogP contribution in [0.15, 0.2) is 231 Å². The normalized spacial score (nSPS) is 12.7. The summed E-state index contributed by atoms with van der Waals surface area (Å²) in [5.41, 5.74) is 18.9. The lowest BCUT2D eigenvalue weighted by Crippen LogP contribution is -2.28. The van der Waals surface area contributed by atoms with Crippen molar-refractivity contribution in [3.63, 3.8) is 0 Å². The predicted molar refractivity (Wildman–Crippen MR) is 253 cm³/mol. The van der Waals surface area contributed by atoms with Crippen molar-refractivity contribution in [3.05, 3.63) is 258 Å². The number of anilines is 3. The van der Waals surface area contributed by atoms with E-state index in [0.717, 1.165) is 17.1 Å². The van der Waals surface area contributed by atoms with Crippen LogP contribution in [-0.2, 0) is 10.8 Å². The maximum absolute atomic E-state index is 2.51.